The minimum Gasteiger partial charge on any atom is -0.508 e. The van der Waals surface area contributed by atoms with Crippen LogP contribution in [0.3, 0.4) is 0 Å². The van der Waals surface area contributed by atoms with Crippen molar-refractivity contribution in [2.75, 3.05) is 6.61 Å². The fourth-order valence-corrected chi connectivity index (χ4v) is 2.41. The molecule has 0 aliphatic heterocycles. The number of ether oxygens (including phenoxy) is 1. The fourth-order valence-electron chi connectivity index (χ4n) is 2.41. The van der Waals surface area contributed by atoms with Crippen LogP contribution in [0.25, 0.3) is 11.3 Å². The van der Waals surface area contributed by atoms with Crippen LogP contribution in [-0.4, -0.2) is 29.2 Å². The van der Waals surface area contributed by atoms with Crippen LogP contribution in [0.5, 0.6) is 0 Å². The van der Waals surface area contributed by atoms with Crippen molar-refractivity contribution >= 4 is 17.5 Å². The minimum absolute atomic E-state index is 0.0255. The highest BCUT2D eigenvalue weighted by Crippen LogP contribution is 2.32. The van der Waals surface area contributed by atoms with E-state index in [1.807, 2.05) is 0 Å². The first-order valence-corrected chi connectivity index (χ1v) is 7.94. The molecule has 9 heteroatoms. The first kappa shape index (κ1) is 20.9. The van der Waals surface area contributed by atoms with Crippen molar-refractivity contribution in [2.45, 2.75) is 20.0 Å². The lowest BCUT2D eigenvalue weighted by atomic mass is 10.1. The number of hydrogen-bond acceptors (Lipinski definition) is 6. The number of halogens is 3. The molecular weight excluding hydrogens is 379 g/mol. The van der Waals surface area contributed by atoms with Gasteiger partial charge in [0.2, 0.25) is 5.76 Å². The Hall–Kier alpha value is -3.36. The van der Waals surface area contributed by atoms with Gasteiger partial charge in [0.05, 0.1) is 11.1 Å². The summed E-state index contributed by atoms with van der Waals surface area (Å²) in [5.74, 6) is -2.41. The summed E-state index contributed by atoms with van der Waals surface area (Å²) >= 11 is 0. The summed E-state index contributed by atoms with van der Waals surface area (Å²) in [6, 6.07) is 6.92. The molecule has 6 nitrogen and oxygen atoms in total. The van der Waals surface area contributed by atoms with Crippen LogP contribution >= 0.6 is 0 Å². The average Bonchev–Trinajstić information content (AvgIpc) is 3.08. The van der Waals surface area contributed by atoms with Gasteiger partial charge in [-0.05, 0) is 38.1 Å². The number of hydrogen-bond donors (Lipinski definition) is 2. The third-order valence-corrected chi connectivity index (χ3v) is 3.64. The number of benzene rings is 1. The molecule has 1 aromatic heterocycles. The second-order valence-electron chi connectivity index (χ2n) is 5.82. The SMILES string of the molecule is CC(=N)/C(C(C)=O)=C(/O)COC(=O)c1ccc(-c2cccc(C(F)(F)F)c2)o1. The Morgan fingerprint density at radius 2 is 1.86 bits per heavy atom. The van der Waals surface area contributed by atoms with Gasteiger partial charge in [-0.15, -0.1) is 0 Å². The number of rotatable bonds is 6. The van der Waals surface area contributed by atoms with Crippen molar-refractivity contribution in [1.82, 2.24) is 0 Å². The molecule has 0 fully saturated rings. The lowest BCUT2D eigenvalue weighted by Gasteiger charge is -2.08. The molecular formula is C19H16F3NO5. The van der Waals surface area contributed by atoms with Crippen molar-refractivity contribution < 1.29 is 37.0 Å². The first-order valence-electron chi connectivity index (χ1n) is 7.94. The van der Waals surface area contributed by atoms with Gasteiger partial charge in [0.25, 0.3) is 0 Å². The van der Waals surface area contributed by atoms with E-state index in [0.29, 0.717) is 0 Å². The molecule has 0 aliphatic rings. The first-order chi connectivity index (χ1) is 13.0. The lowest BCUT2D eigenvalue weighted by Crippen LogP contribution is -2.14. The summed E-state index contributed by atoms with van der Waals surface area (Å²) in [5, 5.41) is 17.3. The van der Waals surface area contributed by atoms with E-state index >= 15 is 0 Å². The highest BCUT2D eigenvalue weighted by atomic mass is 19.4. The molecule has 0 amide bonds. The number of aliphatic hydroxyl groups excluding tert-OH is 1. The standard InChI is InChI=1S/C19H16F3NO5/c1-10(23)17(11(2)24)14(25)9-27-18(26)16-7-6-15(28-16)12-4-3-5-13(8-12)19(20,21)22/h3-8,23,25H,9H2,1-2H3/b17-14-,23-10?. The van der Waals surface area contributed by atoms with Gasteiger partial charge in [-0.3, -0.25) is 4.79 Å². The number of carbonyl (C=O) groups excluding carboxylic acids is 2. The summed E-state index contributed by atoms with van der Waals surface area (Å²) in [7, 11) is 0. The van der Waals surface area contributed by atoms with Crippen LogP contribution in [0, 0.1) is 5.41 Å². The van der Waals surface area contributed by atoms with E-state index in [9.17, 15) is 27.9 Å². The zero-order valence-corrected chi connectivity index (χ0v) is 14.9. The molecule has 148 valence electrons. The van der Waals surface area contributed by atoms with Crippen LogP contribution in [0.15, 0.2) is 52.1 Å². The van der Waals surface area contributed by atoms with Crippen molar-refractivity contribution in [3.8, 4) is 11.3 Å². The Balaban J connectivity index is 2.16. The highest BCUT2D eigenvalue weighted by Gasteiger charge is 2.30. The zero-order valence-electron chi connectivity index (χ0n) is 14.9. The fraction of sp³-hybridized carbons (Fsp3) is 0.211. The normalized spacial score (nSPS) is 12.3. The van der Waals surface area contributed by atoms with Gasteiger partial charge in [0, 0.05) is 11.3 Å². The van der Waals surface area contributed by atoms with Gasteiger partial charge in [0.1, 0.15) is 18.1 Å². The molecule has 1 heterocycles. The maximum absolute atomic E-state index is 12.8. The second kappa shape index (κ2) is 8.12. The van der Waals surface area contributed by atoms with Crippen molar-refractivity contribution in [1.29, 1.82) is 5.41 Å². The van der Waals surface area contributed by atoms with Crippen LogP contribution in [0.2, 0.25) is 0 Å². The number of ketones is 1. The van der Waals surface area contributed by atoms with E-state index in [2.05, 4.69) is 0 Å². The van der Waals surface area contributed by atoms with E-state index in [1.165, 1.54) is 31.2 Å². The molecule has 0 bridgehead atoms. The summed E-state index contributed by atoms with van der Waals surface area (Å²) in [5.41, 5.74) is -1.20. The number of nitrogens with one attached hydrogen (secondary N) is 1. The van der Waals surface area contributed by atoms with Gasteiger partial charge in [-0.2, -0.15) is 13.2 Å². The lowest BCUT2D eigenvalue weighted by molar-refractivity contribution is -0.137. The number of furan rings is 1. The van der Waals surface area contributed by atoms with Crippen molar-refractivity contribution in [3.05, 3.63) is 59.1 Å². The molecule has 2 aromatic rings. The number of alkyl halides is 3. The number of carbonyl (C=O) groups is 2. The predicted octanol–water partition coefficient (Wildman–Crippen LogP) is 4.56. The predicted molar refractivity (Wildman–Crippen MR) is 93.2 cm³/mol. The van der Waals surface area contributed by atoms with Crippen LogP contribution in [0.4, 0.5) is 13.2 Å². The van der Waals surface area contributed by atoms with Crippen LogP contribution in [0.1, 0.15) is 30.0 Å². The Morgan fingerprint density at radius 3 is 2.43 bits per heavy atom. The van der Waals surface area contributed by atoms with Crippen molar-refractivity contribution in [3.63, 3.8) is 0 Å². The molecule has 1 aromatic carbocycles. The Bertz CT molecular complexity index is 940. The maximum atomic E-state index is 12.8. The van der Waals surface area contributed by atoms with E-state index in [4.69, 9.17) is 14.6 Å². The highest BCUT2D eigenvalue weighted by molar-refractivity contribution is 6.19. The molecule has 0 unspecified atom stereocenters. The van der Waals surface area contributed by atoms with E-state index in [0.717, 1.165) is 19.1 Å². The Labute approximate surface area is 157 Å². The van der Waals surface area contributed by atoms with Crippen LogP contribution < -0.4 is 0 Å². The molecule has 0 aliphatic carbocycles. The maximum Gasteiger partial charge on any atom is 0.416 e. The largest absolute Gasteiger partial charge is 0.508 e. The van der Waals surface area contributed by atoms with E-state index in [1.54, 1.807) is 0 Å². The molecule has 2 rings (SSSR count). The molecule has 0 radical (unpaired) electrons. The molecule has 0 saturated heterocycles. The Morgan fingerprint density at radius 1 is 1.18 bits per heavy atom. The monoisotopic (exact) mass is 395 g/mol. The molecule has 0 spiro atoms. The minimum atomic E-state index is -4.52. The smallest absolute Gasteiger partial charge is 0.416 e. The third kappa shape index (κ3) is 4.87. The van der Waals surface area contributed by atoms with Crippen molar-refractivity contribution in [2.24, 2.45) is 0 Å². The number of allylic oxidation sites excluding steroid dienone is 1. The third-order valence-electron chi connectivity index (χ3n) is 3.64. The number of Topliss-reactive ketones (excluding diaryl/α,β-unsaturated/α-hetero) is 1. The van der Waals surface area contributed by atoms with E-state index in [-0.39, 0.29) is 28.4 Å². The van der Waals surface area contributed by atoms with Gasteiger partial charge in [-0.25, -0.2) is 4.79 Å². The number of esters is 1. The molecule has 0 saturated carbocycles. The number of aliphatic hydroxyl groups is 1. The average molecular weight is 395 g/mol. The summed E-state index contributed by atoms with van der Waals surface area (Å²) in [6.07, 6.45) is -4.52. The summed E-state index contributed by atoms with van der Waals surface area (Å²) < 4.78 is 48.5. The van der Waals surface area contributed by atoms with Crippen LogP contribution in [-0.2, 0) is 15.7 Å². The van der Waals surface area contributed by atoms with Gasteiger partial charge in [0.15, 0.2) is 5.78 Å². The summed E-state index contributed by atoms with van der Waals surface area (Å²) in [4.78, 5) is 23.4. The van der Waals surface area contributed by atoms with Gasteiger partial charge in [-0.1, -0.05) is 12.1 Å². The quantitative estimate of drug-likeness (QED) is 0.323. The van der Waals surface area contributed by atoms with Gasteiger partial charge >= 0.3 is 12.1 Å². The summed E-state index contributed by atoms with van der Waals surface area (Å²) in [6.45, 7) is 1.78. The Kier molecular flexibility index (Phi) is 6.07. The topological polar surface area (TPSA) is 101 Å². The molecule has 2 N–H and O–H groups in total. The molecule has 0 atom stereocenters. The van der Waals surface area contributed by atoms with E-state index < -0.39 is 35.9 Å². The zero-order chi connectivity index (χ0) is 21.1. The van der Waals surface area contributed by atoms with Gasteiger partial charge < -0.3 is 19.7 Å². The molecule has 28 heavy (non-hydrogen) atoms. The second-order valence-corrected chi connectivity index (χ2v) is 5.82.